The van der Waals surface area contributed by atoms with Gasteiger partial charge in [-0.25, -0.2) is 13.1 Å². The number of rotatable bonds is 5. The molecule has 0 fully saturated rings. The largest absolute Gasteiger partial charge is 0.497 e. The Kier molecular flexibility index (Phi) is 4.36. The van der Waals surface area contributed by atoms with E-state index < -0.39 is 10.0 Å². The number of ether oxygens (including phenoxy) is 1. The molecule has 0 aliphatic rings. The van der Waals surface area contributed by atoms with E-state index >= 15 is 0 Å². The number of hydrogen-bond donors (Lipinski definition) is 1. The Bertz CT molecular complexity index is 655. The van der Waals surface area contributed by atoms with Gasteiger partial charge in [-0.1, -0.05) is 0 Å². The van der Waals surface area contributed by atoms with Gasteiger partial charge < -0.3 is 4.74 Å². The molecule has 0 amide bonds. The van der Waals surface area contributed by atoms with E-state index in [9.17, 15) is 8.42 Å². The zero-order chi connectivity index (χ0) is 14.6. The van der Waals surface area contributed by atoms with Crippen molar-refractivity contribution in [2.45, 2.75) is 17.9 Å². The SMILES string of the molecule is COc1ccc(S(=O)(=O)N[C@H](C)c2ccncc2)cc1. The van der Waals surface area contributed by atoms with Crippen LogP contribution < -0.4 is 9.46 Å². The Balaban J connectivity index is 2.18. The second kappa shape index (κ2) is 6.02. The third kappa shape index (κ3) is 3.34. The average Bonchev–Trinajstić information content (AvgIpc) is 2.48. The van der Waals surface area contributed by atoms with Crippen LogP contribution >= 0.6 is 0 Å². The lowest BCUT2D eigenvalue weighted by atomic mass is 10.1. The van der Waals surface area contributed by atoms with Gasteiger partial charge in [0.25, 0.3) is 0 Å². The molecular formula is C14H16N2O3S. The smallest absolute Gasteiger partial charge is 0.241 e. The first-order valence-corrected chi connectivity index (χ1v) is 7.57. The Labute approximate surface area is 118 Å². The zero-order valence-electron chi connectivity index (χ0n) is 11.3. The van der Waals surface area contributed by atoms with Crippen molar-refractivity contribution in [2.24, 2.45) is 0 Å². The van der Waals surface area contributed by atoms with E-state index in [0.29, 0.717) is 5.75 Å². The molecule has 1 heterocycles. The topological polar surface area (TPSA) is 68.3 Å². The molecule has 5 nitrogen and oxygen atoms in total. The Morgan fingerprint density at radius 3 is 2.25 bits per heavy atom. The van der Waals surface area contributed by atoms with Crippen LogP contribution in [-0.2, 0) is 10.0 Å². The lowest BCUT2D eigenvalue weighted by Crippen LogP contribution is -2.26. The van der Waals surface area contributed by atoms with Crippen LogP contribution in [-0.4, -0.2) is 20.5 Å². The van der Waals surface area contributed by atoms with Crippen LogP contribution in [0.15, 0.2) is 53.7 Å². The molecule has 1 aromatic heterocycles. The van der Waals surface area contributed by atoms with E-state index in [1.807, 2.05) is 0 Å². The fraction of sp³-hybridized carbons (Fsp3) is 0.214. The minimum atomic E-state index is -3.56. The Hall–Kier alpha value is -1.92. The van der Waals surface area contributed by atoms with Crippen LogP contribution in [0, 0.1) is 0 Å². The first-order chi connectivity index (χ1) is 9.53. The maximum atomic E-state index is 12.2. The summed E-state index contributed by atoms with van der Waals surface area (Å²) in [5, 5.41) is 0. The third-order valence-corrected chi connectivity index (χ3v) is 4.46. The molecule has 1 aromatic carbocycles. The first-order valence-electron chi connectivity index (χ1n) is 6.09. The van der Waals surface area contributed by atoms with Gasteiger partial charge in [-0.05, 0) is 48.9 Å². The van der Waals surface area contributed by atoms with E-state index in [-0.39, 0.29) is 10.9 Å². The van der Waals surface area contributed by atoms with Crippen molar-refractivity contribution in [1.29, 1.82) is 0 Å². The third-order valence-electron chi connectivity index (χ3n) is 2.91. The highest BCUT2D eigenvalue weighted by Crippen LogP contribution is 2.18. The maximum Gasteiger partial charge on any atom is 0.241 e. The highest BCUT2D eigenvalue weighted by atomic mass is 32.2. The van der Waals surface area contributed by atoms with Crippen molar-refractivity contribution < 1.29 is 13.2 Å². The van der Waals surface area contributed by atoms with E-state index in [4.69, 9.17) is 4.74 Å². The van der Waals surface area contributed by atoms with Crippen LogP contribution in [0.25, 0.3) is 0 Å². The fourth-order valence-corrected chi connectivity index (χ4v) is 3.01. The molecule has 0 saturated heterocycles. The van der Waals surface area contributed by atoms with Gasteiger partial charge in [-0.3, -0.25) is 4.98 Å². The quantitative estimate of drug-likeness (QED) is 0.916. The van der Waals surface area contributed by atoms with Gasteiger partial charge in [-0.2, -0.15) is 0 Å². The minimum Gasteiger partial charge on any atom is -0.497 e. The Morgan fingerprint density at radius 1 is 1.10 bits per heavy atom. The molecule has 6 heteroatoms. The summed E-state index contributed by atoms with van der Waals surface area (Å²) in [5.74, 6) is 0.617. The average molecular weight is 292 g/mol. The predicted molar refractivity (Wildman–Crippen MR) is 76.0 cm³/mol. The van der Waals surface area contributed by atoms with E-state index in [1.54, 1.807) is 43.6 Å². The molecular weight excluding hydrogens is 276 g/mol. The van der Waals surface area contributed by atoms with Gasteiger partial charge in [0.1, 0.15) is 5.75 Å². The van der Waals surface area contributed by atoms with Gasteiger partial charge in [-0.15, -0.1) is 0 Å². The fourth-order valence-electron chi connectivity index (χ4n) is 1.78. The van der Waals surface area contributed by atoms with Crippen molar-refractivity contribution >= 4 is 10.0 Å². The molecule has 2 rings (SSSR count). The summed E-state index contributed by atoms with van der Waals surface area (Å²) in [5.41, 5.74) is 0.858. The van der Waals surface area contributed by atoms with Crippen LogP contribution in [0.4, 0.5) is 0 Å². The second-order valence-electron chi connectivity index (χ2n) is 4.30. The van der Waals surface area contributed by atoms with Gasteiger partial charge in [0.05, 0.1) is 12.0 Å². The van der Waals surface area contributed by atoms with Gasteiger partial charge in [0, 0.05) is 18.4 Å². The number of nitrogens with one attached hydrogen (secondary N) is 1. The monoisotopic (exact) mass is 292 g/mol. The minimum absolute atomic E-state index is 0.208. The zero-order valence-corrected chi connectivity index (χ0v) is 12.1. The molecule has 0 bridgehead atoms. The summed E-state index contributed by atoms with van der Waals surface area (Å²) in [4.78, 5) is 4.12. The molecule has 1 N–H and O–H groups in total. The van der Waals surface area contributed by atoms with Crippen LogP contribution in [0.3, 0.4) is 0 Å². The molecule has 106 valence electrons. The van der Waals surface area contributed by atoms with Crippen LogP contribution in [0.5, 0.6) is 5.75 Å². The second-order valence-corrected chi connectivity index (χ2v) is 6.01. The number of benzene rings is 1. The summed E-state index contributed by atoms with van der Waals surface area (Å²) in [6.45, 7) is 1.79. The summed E-state index contributed by atoms with van der Waals surface area (Å²) >= 11 is 0. The lowest BCUT2D eigenvalue weighted by Gasteiger charge is -2.14. The van der Waals surface area contributed by atoms with Crippen molar-refractivity contribution in [3.63, 3.8) is 0 Å². The number of sulfonamides is 1. The molecule has 0 saturated carbocycles. The molecule has 2 aromatic rings. The summed E-state index contributed by atoms with van der Waals surface area (Å²) in [7, 11) is -2.02. The predicted octanol–water partition coefficient (Wildman–Crippen LogP) is 2.13. The van der Waals surface area contributed by atoms with Crippen molar-refractivity contribution in [3.8, 4) is 5.75 Å². The van der Waals surface area contributed by atoms with E-state index in [1.165, 1.54) is 19.2 Å². The maximum absolute atomic E-state index is 12.2. The number of methoxy groups -OCH3 is 1. The van der Waals surface area contributed by atoms with E-state index in [2.05, 4.69) is 9.71 Å². The van der Waals surface area contributed by atoms with E-state index in [0.717, 1.165) is 5.56 Å². The number of pyridine rings is 1. The van der Waals surface area contributed by atoms with Crippen molar-refractivity contribution in [3.05, 3.63) is 54.4 Å². The van der Waals surface area contributed by atoms with Gasteiger partial charge in [0.15, 0.2) is 0 Å². The standard InChI is InChI=1S/C14H16N2O3S/c1-11(12-7-9-15-10-8-12)16-20(17,18)14-5-3-13(19-2)4-6-14/h3-11,16H,1-2H3/t11-/m1/s1. The van der Waals surface area contributed by atoms with Crippen molar-refractivity contribution in [1.82, 2.24) is 9.71 Å². The normalized spacial score (nSPS) is 12.9. The highest BCUT2D eigenvalue weighted by molar-refractivity contribution is 7.89. The van der Waals surface area contributed by atoms with Crippen molar-refractivity contribution in [2.75, 3.05) is 7.11 Å². The van der Waals surface area contributed by atoms with Gasteiger partial charge >= 0.3 is 0 Å². The van der Waals surface area contributed by atoms with Gasteiger partial charge in [0.2, 0.25) is 10.0 Å². The molecule has 20 heavy (non-hydrogen) atoms. The number of nitrogens with zero attached hydrogens (tertiary/aromatic N) is 1. The number of aromatic nitrogens is 1. The Morgan fingerprint density at radius 2 is 1.70 bits per heavy atom. The summed E-state index contributed by atoms with van der Waals surface area (Å²) in [6.07, 6.45) is 3.26. The molecule has 1 atom stereocenters. The van der Waals surface area contributed by atoms with Crippen LogP contribution in [0.1, 0.15) is 18.5 Å². The summed E-state index contributed by atoms with van der Waals surface area (Å²) < 4.78 is 32.1. The lowest BCUT2D eigenvalue weighted by molar-refractivity contribution is 0.414. The highest BCUT2D eigenvalue weighted by Gasteiger charge is 2.18. The number of hydrogen-bond acceptors (Lipinski definition) is 4. The molecule has 0 aliphatic heterocycles. The molecule has 0 spiro atoms. The first kappa shape index (κ1) is 14.5. The van der Waals surface area contributed by atoms with Crippen LogP contribution in [0.2, 0.25) is 0 Å². The molecule has 0 radical (unpaired) electrons. The molecule has 0 unspecified atom stereocenters. The summed E-state index contributed by atoms with van der Waals surface area (Å²) in [6, 6.07) is 9.49. The molecule has 0 aliphatic carbocycles.